The molecule has 0 fully saturated rings. The number of aryl methyl sites for hydroxylation is 1. The highest BCUT2D eigenvalue weighted by atomic mass is 16.5. The Bertz CT molecular complexity index is 299. The van der Waals surface area contributed by atoms with Crippen molar-refractivity contribution in [2.24, 2.45) is 0 Å². The number of benzene rings is 1. The Kier molecular flexibility index (Phi) is 5.94. The maximum atomic E-state index is 5.89. The summed E-state index contributed by atoms with van der Waals surface area (Å²) >= 11 is 0. The molecule has 0 aliphatic carbocycles. The van der Waals surface area contributed by atoms with E-state index in [0.29, 0.717) is 0 Å². The van der Waals surface area contributed by atoms with Gasteiger partial charge in [0.25, 0.3) is 0 Å². The number of ether oxygens (including phenoxy) is 1. The fourth-order valence-electron chi connectivity index (χ4n) is 1.57. The largest absolute Gasteiger partial charge is 0.490 e. The monoisotopic (exact) mass is 221 g/mol. The zero-order valence-corrected chi connectivity index (χ0v) is 10.6. The fourth-order valence-corrected chi connectivity index (χ4v) is 1.57. The van der Waals surface area contributed by atoms with Crippen LogP contribution in [0.5, 0.6) is 5.75 Å². The van der Waals surface area contributed by atoms with Gasteiger partial charge in [-0.05, 0) is 51.4 Å². The molecule has 1 aromatic rings. The molecular formula is C14H23NO. The summed E-state index contributed by atoms with van der Waals surface area (Å²) in [5.41, 5.74) is 1.20. The van der Waals surface area contributed by atoms with Crippen molar-refractivity contribution in [3.63, 3.8) is 0 Å². The Morgan fingerprint density at radius 3 is 2.69 bits per heavy atom. The maximum Gasteiger partial charge on any atom is 0.122 e. The van der Waals surface area contributed by atoms with Crippen LogP contribution >= 0.6 is 0 Å². The standard InChI is InChI=1S/C14H23NO/c1-4-10-15-11-9-13(3)16-14-8-6-5-7-12(14)2/h5-8,13,15H,4,9-11H2,1-3H3. The molecular weight excluding hydrogens is 198 g/mol. The Labute approximate surface area is 99.0 Å². The van der Waals surface area contributed by atoms with Crippen molar-refractivity contribution in [3.8, 4) is 5.75 Å². The van der Waals surface area contributed by atoms with E-state index in [1.165, 1.54) is 12.0 Å². The Morgan fingerprint density at radius 1 is 1.25 bits per heavy atom. The molecule has 0 amide bonds. The number of rotatable bonds is 7. The fraction of sp³-hybridized carbons (Fsp3) is 0.571. The van der Waals surface area contributed by atoms with E-state index >= 15 is 0 Å². The van der Waals surface area contributed by atoms with Crippen LogP contribution in [0.3, 0.4) is 0 Å². The highest BCUT2D eigenvalue weighted by molar-refractivity contribution is 5.31. The molecule has 1 unspecified atom stereocenters. The smallest absolute Gasteiger partial charge is 0.122 e. The Morgan fingerprint density at radius 2 is 2.00 bits per heavy atom. The lowest BCUT2D eigenvalue weighted by Gasteiger charge is -2.16. The predicted octanol–water partition coefficient (Wildman–Crippen LogP) is 3.15. The van der Waals surface area contributed by atoms with Crippen molar-refractivity contribution in [2.45, 2.75) is 39.7 Å². The van der Waals surface area contributed by atoms with Crippen LogP contribution in [0.2, 0.25) is 0 Å². The lowest BCUT2D eigenvalue weighted by Crippen LogP contribution is -2.23. The first kappa shape index (κ1) is 13.0. The van der Waals surface area contributed by atoms with Crippen LogP contribution in [0.1, 0.15) is 32.3 Å². The summed E-state index contributed by atoms with van der Waals surface area (Å²) < 4.78 is 5.89. The molecule has 0 bridgehead atoms. The van der Waals surface area contributed by atoms with Gasteiger partial charge < -0.3 is 10.1 Å². The van der Waals surface area contributed by atoms with E-state index in [0.717, 1.165) is 25.3 Å². The normalized spacial score (nSPS) is 12.4. The van der Waals surface area contributed by atoms with E-state index in [4.69, 9.17) is 4.74 Å². The molecule has 0 heterocycles. The molecule has 0 spiro atoms. The molecule has 0 saturated carbocycles. The molecule has 0 aliphatic rings. The van der Waals surface area contributed by atoms with Gasteiger partial charge in [-0.2, -0.15) is 0 Å². The second-order valence-electron chi connectivity index (χ2n) is 4.23. The van der Waals surface area contributed by atoms with E-state index in [1.54, 1.807) is 0 Å². The van der Waals surface area contributed by atoms with Gasteiger partial charge in [0.2, 0.25) is 0 Å². The van der Waals surface area contributed by atoms with Crippen LogP contribution in [0, 0.1) is 6.92 Å². The maximum absolute atomic E-state index is 5.89. The zero-order chi connectivity index (χ0) is 11.8. The molecule has 0 radical (unpaired) electrons. The molecule has 0 saturated heterocycles. The molecule has 1 rings (SSSR count). The van der Waals surface area contributed by atoms with Crippen LogP contribution in [-0.2, 0) is 0 Å². The molecule has 0 aromatic heterocycles. The number of nitrogens with one attached hydrogen (secondary N) is 1. The van der Waals surface area contributed by atoms with Crippen molar-refractivity contribution in [2.75, 3.05) is 13.1 Å². The second kappa shape index (κ2) is 7.29. The number of hydrogen-bond donors (Lipinski definition) is 1. The van der Waals surface area contributed by atoms with E-state index in [9.17, 15) is 0 Å². The summed E-state index contributed by atoms with van der Waals surface area (Å²) in [4.78, 5) is 0. The van der Waals surface area contributed by atoms with Crippen LogP contribution in [0.25, 0.3) is 0 Å². The average Bonchev–Trinajstić information content (AvgIpc) is 2.28. The summed E-state index contributed by atoms with van der Waals surface area (Å²) in [6.45, 7) is 8.51. The van der Waals surface area contributed by atoms with Crippen LogP contribution in [0.15, 0.2) is 24.3 Å². The summed E-state index contributed by atoms with van der Waals surface area (Å²) in [6, 6.07) is 8.17. The van der Waals surface area contributed by atoms with Crippen molar-refractivity contribution in [1.29, 1.82) is 0 Å². The van der Waals surface area contributed by atoms with Gasteiger partial charge in [0, 0.05) is 0 Å². The van der Waals surface area contributed by atoms with Crippen LogP contribution < -0.4 is 10.1 Å². The van der Waals surface area contributed by atoms with Crippen molar-refractivity contribution in [1.82, 2.24) is 5.32 Å². The van der Waals surface area contributed by atoms with Gasteiger partial charge >= 0.3 is 0 Å². The van der Waals surface area contributed by atoms with Crippen molar-refractivity contribution in [3.05, 3.63) is 29.8 Å². The molecule has 2 nitrogen and oxygen atoms in total. The van der Waals surface area contributed by atoms with Gasteiger partial charge in [-0.15, -0.1) is 0 Å². The number of para-hydroxylation sites is 1. The van der Waals surface area contributed by atoms with E-state index in [2.05, 4.69) is 32.2 Å². The lowest BCUT2D eigenvalue weighted by molar-refractivity contribution is 0.208. The molecule has 90 valence electrons. The van der Waals surface area contributed by atoms with Gasteiger partial charge in [0.15, 0.2) is 0 Å². The Balaban J connectivity index is 2.28. The minimum atomic E-state index is 0.269. The van der Waals surface area contributed by atoms with Crippen molar-refractivity contribution >= 4 is 0 Å². The summed E-state index contributed by atoms with van der Waals surface area (Å²) in [6.07, 6.45) is 2.51. The first-order valence-corrected chi connectivity index (χ1v) is 6.17. The third kappa shape index (κ3) is 4.67. The summed E-state index contributed by atoms with van der Waals surface area (Å²) in [5.74, 6) is 1.01. The number of hydrogen-bond acceptors (Lipinski definition) is 2. The summed E-state index contributed by atoms with van der Waals surface area (Å²) in [5, 5.41) is 3.39. The van der Waals surface area contributed by atoms with Crippen LogP contribution in [0.4, 0.5) is 0 Å². The van der Waals surface area contributed by atoms with Gasteiger partial charge in [-0.1, -0.05) is 25.1 Å². The Hall–Kier alpha value is -1.02. The molecule has 2 heteroatoms. The quantitative estimate of drug-likeness (QED) is 0.714. The SMILES string of the molecule is CCCNCCC(C)Oc1ccccc1C. The van der Waals surface area contributed by atoms with Gasteiger partial charge in [-0.25, -0.2) is 0 Å². The first-order chi connectivity index (χ1) is 7.74. The second-order valence-corrected chi connectivity index (χ2v) is 4.23. The minimum Gasteiger partial charge on any atom is -0.490 e. The predicted molar refractivity (Wildman–Crippen MR) is 69.0 cm³/mol. The first-order valence-electron chi connectivity index (χ1n) is 6.17. The average molecular weight is 221 g/mol. The van der Waals surface area contributed by atoms with Crippen molar-refractivity contribution < 1.29 is 4.74 Å². The molecule has 16 heavy (non-hydrogen) atoms. The van der Waals surface area contributed by atoms with E-state index in [-0.39, 0.29) is 6.10 Å². The van der Waals surface area contributed by atoms with E-state index in [1.807, 2.05) is 18.2 Å². The topological polar surface area (TPSA) is 21.3 Å². The summed E-state index contributed by atoms with van der Waals surface area (Å²) in [7, 11) is 0. The third-order valence-electron chi connectivity index (χ3n) is 2.58. The molecule has 1 N–H and O–H groups in total. The highest BCUT2D eigenvalue weighted by Crippen LogP contribution is 2.18. The van der Waals surface area contributed by atoms with Gasteiger partial charge in [-0.3, -0.25) is 0 Å². The molecule has 1 atom stereocenters. The molecule has 0 aliphatic heterocycles. The third-order valence-corrected chi connectivity index (χ3v) is 2.58. The van der Waals surface area contributed by atoms with Gasteiger partial charge in [0.1, 0.15) is 5.75 Å². The zero-order valence-electron chi connectivity index (χ0n) is 10.6. The molecule has 1 aromatic carbocycles. The van der Waals surface area contributed by atoms with Gasteiger partial charge in [0.05, 0.1) is 6.10 Å². The van der Waals surface area contributed by atoms with Crippen LogP contribution in [-0.4, -0.2) is 19.2 Å². The minimum absolute atomic E-state index is 0.269. The highest BCUT2D eigenvalue weighted by Gasteiger charge is 2.04. The van der Waals surface area contributed by atoms with E-state index < -0.39 is 0 Å². The lowest BCUT2D eigenvalue weighted by atomic mass is 10.2.